The van der Waals surface area contributed by atoms with Gasteiger partial charge < -0.3 is 15.4 Å². The summed E-state index contributed by atoms with van der Waals surface area (Å²) in [4.78, 5) is 0. The van der Waals surface area contributed by atoms with Crippen LogP contribution in [0.3, 0.4) is 0 Å². The summed E-state index contributed by atoms with van der Waals surface area (Å²) < 4.78 is 5.17. The summed E-state index contributed by atoms with van der Waals surface area (Å²) >= 11 is 5.31. The van der Waals surface area contributed by atoms with Gasteiger partial charge in [0.05, 0.1) is 13.2 Å². The average molecular weight is 264 g/mol. The summed E-state index contributed by atoms with van der Waals surface area (Å²) in [7, 11) is 1.68. The van der Waals surface area contributed by atoms with Gasteiger partial charge in [0.1, 0.15) is 5.75 Å². The third-order valence-corrected chi connectivity index (χ3v) is 3.38. The number of hydrogen-bond acceptors (Lipinski definition) is 2. The lowest BCUT2D eigenvalue weighted by Crippen LogP contribution is -2.38. The molecule has 2 rings (SSSR count). The third kappa shape index (κ3) is 3.60. The molecule has 1 fully saturated rings. The first-order valence-corrected chi connectivity index (χ1v) is 6.84. The van der Waals surface area contributed by atoms with Crippen molar-refractivity contribution < 1.29 is 4.74 Å². The van der Waals surface area contributed by atoms with Gasteiger partial charge in [0.15, 0.2) is 5.11 Å². The van der Waals surface area contributed by atoms with E-state index < -0.39 is 0 Å². The second-order valence-corrected chi connectivity index (χ2v) is 5.03. The standard InChI is InChI=1S/C14H20N2OS/c1-3-13(16-14(18)15-11-6-7-11)10-4-8-12(17-2)9-5-10/h4-5,8-9,11,13H,3,6-7H2,1-2H3,(H2,15,16,18)/t13-/m1/s1. The third-order valence-electron chi connectivity index (χ3n) is 3.14. The van der Waals surface area contributed by atoms with Crippen LogP contribution in [-0.2, 0) is 0 Å². The van der Waals surface area contributed by atoms with E-state index in [1.165, 1.54) is 18.4 Å². The predicted octanol–water partition coefficient (Wildman–Crippen LogP) is 2.77. The van der Waals surface area contributed by atoms with E-state index in [0.29, 0.717) is 6.04 Å². The molecule has 2 N–H and O–H groups in total. The molecule has 1 aromatic carbocycles. The van der Waals surface area contributed by atoms with Crippen LogP contribution >= 0.6 is 12.2 Å². The molecule has 0 heterocycles. The minimum atomic E-state index is 0.259. The maximum Gasteiger partial charge on any atom is 0.166 e. The molecule has 0 spiro atoms. The van der Waals surface area contributed by atoms with Crippen molar-refractivity contribution in [3.63, 3.8) is 0 Å². The highest BCUT2D eigenvalue weighted by atomic mass is 32.1. The van der Waals surface area contributed by atoms with Gasteiger partial charge in [0, 0.05) is 6.04 Å². The van der Waals surface area contributed by atoms with Crippen LogP contribution in [0, 0.1) is 0 Å². The molecule has 1 aromatic rings. The molecule has 4 heteroatoms. The zero-order valence-electron chi connectivity index (χ0n) is 10.9. The molecule has 98 valence electrons. The molecule has 1 atom stereocenters. The Labute approximate surface area is 114 Å². The Bertz CT molecular complexity index is 401. The van der Waals surface area contributed by atoms with E-state index >= 15 is 0 Å². The van der Waals surface area contributed by atoms with Crippen LogP contribution in [0.1, 0.15) is 37.8 Å². The molecular formula is C14H20N2OS. The van der Waals surface area contributed by atoms with Crippen LogP contribution in [0.2, 0.25) is 0 Å². The van der Waals surface area contributed by atoms with Crippen LogP contribution in [0.25, 0.3) is 0 Å². The minimum Gasteiger partial charge on any atom is -0.497 e. The normalized spacial score (nSPS) is 15.9. The van der Waals surface area contributed by atoms with Gasteiger partial charge >= 0.3 is 0 Å². The first-order chi connectivity index (χ1) is 8.72. The fraction of sp³-hybridized carbons (Fsp3) is 0.500. The Morgan fingerprint density at radius 3 is 2.56 bits per heavy atom. The summed E-state index contributed by atoms with van der Waals surface area (Å²) in [5, 5.41) is 7.44. The maximum atomic E-state index is 5.31. The van der Waals surface area contributed by atoms with Crippen molar-refractivity contribution in [2.24, 2.45) is 0 Å². The van der Waals surface area contributed by atoms with Gasteiger partial charge in [-0.05, 0) is 49.2 Å². The number of nitrogens with one attached hydrogen (secondary N) is 2. The fourth-order valence-corrected chi connectivity index (χ4v) is 2.18. The lowest BCUT2D eigenvalue weighted by molar-refractivity contribution is 0.414. The molecule has 1 aliphatic carbocycles. The van der Waals surface area contributed by atoms with Gasteiger partial charge in [-0.15, -0.1) is 0 Å². The summed E-state index contributed by atoms with van der Waals surface area (Å²) in [6.07, 6.45) is 3.47. The second-order valence-electron chi connectivity index (χ2n) is 4.63. The van der Waals surface area contributed by atoms with E-state index in [0.717, 1.165) is 17.3 Å². The lowest BCUT2D eigenvalue weighted by Gasteiger charge is -2.20. The van der Waals surface area contributed by atoms with E-state index in [2.05, 4.69) is 29.7 Å². The highest BCUT2D eigenvalue weighted by Gasteiger charge is 2.22. The molecule has 0 bridgehead atoms. The largest absolute Gasteiger partial charge is 0.497 e. The molecule has 18 heavy (non-hydrogen) atoms. The van der Waals surface area contributed by atoms with Crippen molar-refractivity contribution in [2.75, 3.05) is 7.11 Å². The maximum absolute atomic E-state index is 5.31. The van der Waals surface area contributed by atoms with Crippen molar-refractivity contribution in [1.82, 2.24) is 10.6 Å². The van der Waals surface area contributed by atoms with E-state index in [1.807, 2.05) is 12.1 Å². The number of rotatable bonds is 5. The fourth-order valence-electron chi connectivity index (χ4n) is 1.87. The van der Waals surface area contributed by atoms with Crippen molar-refractivity contribution in [3.8, 4) is 5.75 Å². The highest BCUT2D eigenvalue weighted by molar-refractivity contribution is 7.80. The monoisotopic (exact) mass is 264 g/mol. The number of ether oxygens (including phenoxy) is 1. The number of methoxy groups -OCH3 is 1. The van der Waals surface area contributed by atoms with Gasteiger partial charge in [-0.1, -0.05) is 19.1 Å². The molecule has 1 aliphatic rings. The topological polar surface area (TPSA) is 33.3 Å². The summed E-state index contributed by atoms with van der Waals surface area (Å²) in [6.45, 7) is 2.15. The number of hydrogen-bond donors (Lipinski definition) is 2. The average Bonchev–Trinajstić information content (AvgIpc) is 3.20. The van der Waals surface area contributed by atoms with Gasteiger partial charge in [-0.3, -0.25) is 0 Å². The lowest BCUT2D eigenvalue weighted by atomic mass is 10.0. The van der Waals surface area contributed by atoms with Gasteiger partial charge in [0.25, 0.3) is 0 Å². The van der Waals surface area contributed by atoms with Crippen molar-refractivity contribution in [2.45, 2.75) is 38.3 Å². The molecule has 1 saturated carbocycles. The molecule has 0 saturated heterocycles. The smallest absolute Gasteiger partial charge is 0.166 e. The molecular weight excluding hydrogens is 244 g/mol. The first-order valence-electron chi connectivity index (χ1n) is 6.44. The van der Waals surface area contributed by atoms with Gasteiger partial charge in [-0.25, -0.2) is 0 Å². The number of benzene rings is 1. The van der Waals surface area contributed by atoms with Crippen LogP contribution in [0.4, 0.5) is 0 Å². The van der Waals surface area contributed by atoms with E-state index in [9.17, 15) is 0 Å². The zero-order chi connectivity index (χ0) is 13.0. The van der Waals surface area contributed by atoms with Crippen LogP contribution < -0.4 is 15.4 Å². The SMILES string of the molecule is CC[C@@H](NC(=S)NC1CC1)c1ccc(OC)cc1. The van der Waals surface area contributed by atoms with Crippen LogP contribution in [-0.4, -0.2) is 18.3 Å². The first kappa shape index (κ1) is 13.1. The molecule has 0 unspecified atom stereocenters. The molecule has 0 aromatic heterocycles. The number of thiocarbonyl (C=S) groups is 1. The molecule has 0 amide bonds. The predicted molar refractivity (Wildman–Crippen MR) is 77.9 cm³/mol. The molecule has 0 radical (unpaired) electrons. The zero-order valence-corrected chi connectivity index (χ0v) is 11.7. The van der Waals surface area contributed by atoms with Gasteiger partial charge in [0.2, 0.25) is 0 Å². The Morgan fingerprint density at radius 2 is 2.06 bits per heavy atom. The van der Waals surface area contributed by atoms with E-state index in [-0.39, 0.29) is 6.04 Å². The van der Waals surface area contributed by atoms with E-state index in [4.69, 9.17) is 17.0 Å². The van der Waals surface area contributed by atoms with Crippen molar-refractivity contribution in [3.05, 3.63) is 29.8 Å². The Kier molecular flexibility index (Phi) is 4.42. The second kappa shape index (κ2) is 6.05. The van der Waals surface area contributed by atoms with Crippen molar-refractivity contribution >= 4 is 17.3 Å². The summed E-state index contributed by atoms with van der Waals surface area (Å²) in [5.41, 5.74) is 1.23. The Morgan fingerprint density at radius 1 is 1.39 bits per heavy atom. The Hall–Kier alpha value is -1.29. The van der Waals surface area contributed by atoms with Crippen LogP contribution in [0.15, 0.2) is 24.3 Å². The Balaban J connectivity index is 1.95. The summed E-state index contributed by atoms with van der Waals surface area (Å²) in [6, 6.07) is 8.99. The summed E-state index contributed by atoms with van der Waals surface area (Å²) in [5.74, 6) is 0.882. The minimum absolute atomic E-state index is 0.259. The molecule has 0 aliphatic heterocycles. The van der Waals surface area contributed by atoms with Gasteiger partial charge in [-0.2, -0.15) is 0 Å². The van der Waals surface area contributed by atoms with Crippen LogP contribution in [0.5, 0.6) is 5.75 Å². The van der Waals surface area contributed by atoms with E-state index in [1.54, 1.807) is 7.11 Å². The quantitative estimate of drug-likeness (QED) is 0.801. The molecule has 3 nitrogen and oxygen atoms in total. The highest BCUT2D eigenvalue weighted by Crippen LogP contribution is 2.21. The van der Waals surface area contributed by atoms with Crippen molar-refractivity contribution in [1.29, 1.82) is 0 Å².